The second-order valence-electron chi connectivity index (χ2n) is 6.12. The minimum Gasteiger partial charge on any atom is -0.417 e. The highest BCUT2D eigenvalue weighted by molar-refractivity contribution is 6.53. The first-order chi connectivity index (χ1) is 7.30. The molecule has 1 unspecified atom stereocenters. The first kappa shape index (κ1) is 14.2. The minimum absolute atomic E-state index is 0.117. The Hall–Kier alpha value is 0.0969. The Bertz CT molecular complexity index is 215. The molecule has 0 saturated carbocycles. The van der Waals surface area contributed by atoms with Gasteiger partial charge in [-0.15, -0.1) is 0 Å². The first-order valence-electron chi connectivity index (χ1n) is 6.22. The van der Waals surface area contributed by atoms with E-state index in [1.165, 1.54) is 0 Å². The molecule has 3 nitrogen and oxygen atoms in total. The molecule has 0 amide bonds. The summed E-state index contributed by atoms with van der Waals surface area (Å²) in [6.07, 6.45) is 0.359. The van der Waals surface area contributed by atoms with Crippen LogP contribution in [0.5, 0.6) is 0 Å². The van der Waals surface area contributed by atoms with Crippen molar-refractivity contribution in [3.8, 4) is 0 Å². The highest BCUT2D eigenvalue weighted by Gasteiger charge is 2.30. The fraction of sp³-hybridized carbons (Fsp3) is 1.00. The van der Waals surface area contributed by atoms with Crippen molar-refractivity contribution in [2.45, 2.75) is 57.9 Å². The summed E-state index contributed by atoms with van der Waals surface area (Å²) in [4.78, 5) is 0. The molecule has 1 fully saturated rings. The van der Waals surface area contributed by atoms with Crippen molar-refractivity contribution in [3.05, 3.63) is 0 Å². The van der Waals surface area contributed by atoms with Gasteiger partial charge < -0.3 is 14.3 Å². The third kappa shape index (κ3) is 4.16. The molecule has 0 aliphatic carbocycles. The predicted molar refractivity (Wildman–Crippen MR) is 68.2 cm³/mol. The van der Waals surface area contributed by atoms with E-state index in [0.29, 0.717) is 12.5 Å². The third-order valence-electron chi connectivity index (χ3n) is 3.40. The lowest BCUT2D eigenvalue weighted by Gasteiger charge is -2.34. The number of rotatable bonds is 3. The average molecular weight is 246 g/mol. The van der Waals surface area contributed by atoms with Gasteiger partial charge in [0.1, 0.15) is 6.10 Å². The van der Waals surface area contributed by atoms with E-state index in [-0.39, 0.29) is 17.2 Å². The molecule has 1 N–H and O–H groups in total. The van der Waals surface area contributed by atoms with E-state index >= 15 is 0 Å². The second-order valence-corrected chi connectivity index (χ2v) is 9.47. The molecule has 0 aromatic heterocycles. The van der Waals surface area contributed by atoms with Crippen molar-refractivity contribution in [3.63, 3.8) is 0 Å². The summed E-state index contributed by atoms with van der Waals surface area (Å²) in [7, 11) is -1.20. The van der Waals surface area contributed by atoms with Crippen LogP contribution >= 0.6 is 0 Å². The Balaban J connectivity index is 2.33. The van der Waals surface area contributed by atoms with Crippen LogP contribution in [-0.4, -0.2) is 39.6 Å². The monoisotopic (exact) mass is 246 g/mol. The molecule has 96 valence electrons. The zero-order valence-corrected chi connectivity index (χ0v) is 12.3. The normalized spacial score (nSPS) is 33.8. The van der Waals surface area contributed by atoms with E-state index in [0.717, 1.165) is 13.0 Å². The molecule has 0 aromatic rings. The van der Waals surface area contributed by atoms with Crippen LogP contribution < -0.4 is 0 Å². The summed E-state index contributed by atoms with van der Waals surface area (Å²) < 4.78 is 11.5. The summed E-state index contributed by atoms with van der Waals surface area (Å²) in [5.41, 5.74) is 0. The predicted octanol–water partition coefficient (Wildman–Crippen LogP) is 1.94. The van der Waals surface area contributed by atoms with Crippen molar-refractivity contribution in [1.29, 1.82) is 0 Å². The molecule has 1 aliphatic heterocycles. The summed E-state index contributed by atoms with van der Waals surface area (Å²) in [5, 5.41) is 10.1. The number of hydrogen-bond donors (Lipinski definition) is 1. The maximum absolute atomic E-state index is 9.87. The zero-order chi connectivity index (χ0) is 12.3. The van der Waals surface area contributed by atoms with Crippen LogP contribution in [0.15, 0.2) is 0 Å². The van der Waals surface area contributed by atoms with Crippen LogP contribution in [0.3, 0.4) is 0 Å². The van der Waals surface area contributed by atoms with Crippen LogP contribution in [-0.2, 0) is 9.16 Å². The molecule has 0 spiro atoms. The van der Waals surface area contributed by atoms with Gasteiger partial charge in [0.25, 0.3) is 0 Å². The summed E-state index contributed by atoms with van der Waals surface area (Å²) in [6.45, 7) is 12.2. The Morgan fingerprint density at radius 2 is 2.06 bits per heavy atom. The molecule has 4 heteroatoms. The maximum atomic E-state index is 9.87. The summed E-state index contributed by atoms with van der Waals surface area (Å²) >= 11 is 0. The summed E-state index contributed by atoms with van der Waals surface area (Å²) in [6, 6.07) is 0. The zero-order valence-electron chi connectivity index (χ0n) is 11.2. The molecule has 1 heterocycles. The number of aliphatic hydroxyl groups is 1. The van der Waals surface area contributed by atoms with E-state index in [1.807, 2.05) is 0 Å². The average Bonchev–Trinajstić information content (AvgIpc) is 2.14. The van der Waals surface area contributed by atoms with Crippen LogP contribution in [0.25, 0.3) is 0 Å². The van der Waals surface area contributed by atoms with Crippen LogP contribution in [0.4, 0.5) is 0 Å². The van der Waals surface area contributed by atoms with Gasteiger partial charge in [-0.1, -0.05) is 27.7 Å². The fourth-order valence-corrected chi connectivity index (χ4v) is 2.66. The molecule has 1 rings (SSSR count). The van der Waals surface area contributed by atoms with Gasteiger partial charge in [0.15, 0.2) is 9.04 Å². The lowest BCUT2D eigenvalue weighted by molar-refractivity contribution is -0.110. The van der Waals surface area contributed by atoms with E-state index in [4.69, 9.17) is 9.16 Å². The van der Waals surface area contributed by atoms with Gasteiger partial charge in [-0.25, -0.2) is 0 Å². The first-order valence-corrected chi connectivity index (χ1v) is 8.42. The third-order valence-corrected chi connectivity index (χ3v) is 6.53. The number of aliphatic hydroxyl groups excluding tert-OH is 1. The Morgan fingerprint density at radius 1 is 1.44 bits per heavy atom. The highest BCUT2D eigenvalue weighted by atomic mass is 28.3. The van der Waals surface area contributed by atoms with Gasteiger partial charge in [0.2, 0.25) is 0 Å². The Kier molecular flexibility index (Phi) is 4.98. The largest absolute Gasteiger partial charge is 0.417 e. The van der Waals surface area contributed by atoms with E-state index in [9.17, 15) is 5.11 Å². The molecular formula is C12H26O3Si. The molecular weight excluding hydrogens is 220 g/mol. The van der Waals surface area contributed by atoms with E-state index in [1.54, 1.807) is 0 Å². The van der Waals surface area contributed by atoms with Gasteiger partial charge in [0.05, 0.1) is 12.7 Å². The van der Waals surface area contributed by atoms with Gasteiger partial charge in [-0.2, -0.15) is 0 Å². The van der Waals surface area contributed by atoms with Crippen molar-refractivity contribution in [1.82, 2.24) is 0 Å². The van der Waals surface area contributed by atoms with Crippen LogP contribution in [0, 0.1) is 5.92 Å². The maximum Gasteiger partial charge on any atom is 0.179 e. The molecule has 4 atom stereocenters. The Morgan fingerprint density at radius 3 is 2.56 bits per heavy atom. The quantitative estimate of drug-likeness (QED) is 0.774. The minimum atomic E-state index is -1.20. The molecule has 1 aliphatic rings. The number of ether oxygens (including phenoxy) is 1. The van der Waals surface area contributed by atoms with Gasteiger partial charge >= 0.3 is 0 Å². The lowest BCUT2D eigenvalue weighted by Crippen LogP contribution is -2.42. The van der Waals surface area contributed by atoms with Crippen molar-refractivity contribution in [2.24, 2.45) is 5.92 Å². The summed E-state index contributed by atoms with van der Waals surface area (Å²) in [5.74, 6) is 0.462. The standard InChI is InChI=1S/C12H26O3Si/c1-9-6-10(13)11(14-7-9)8-15-16(5)12(2,3)4/h9-11,13,16H,6-8H2,1-5H3/t9-,10+,11-,16?/m1/s1. The molecule has 0 radical (unpaired) electrons. The topological polar surface area (TPSA) is 38.7 Å². The smallest absolute Gasteiger partial charge is 0.179 e. The highest BCUT2D eigenvalue weighted by Crippen LogP contribution is 2.28. The van der Waals surface area contributed by atoms with Gasteiger partial charge in [0, 0.05) is 6.61 Å². The fourth-order valence-electron chi connectivity index (χ4n) is 1.68. The van der Waals surface area contributed by atoms with Crippen molar-refractivity contribution in [2.75, 3.05) is 13.2 Å². The van der Waals surface area contributed by atoms with E-state index in [2.05, 4.69) is 34.2 Å². The SMILES string of the molecule is C[C@H]1CO[C@H](CO[SiH](C)C(C)(C)C)[C@@H](O)C1. The van der Waals surface area contributed by atoms with Crippen LogP contribution in [0.1, 0.15) is 34.1 Å². The van der Waals surface area contributed by atoms with Crippen molar-refractivity contribution >= 4 is 9.04 Å². The number of hydrogen-bond acceptors (Lipinski definition) is 3. The lowest BCUT2D eigenvalue weighted by atomic mass is 9.98. The Labute approximate surface area is 101 Å². The van der Waals surface area contributed by atoms with Gasteiger partial charge in [-0.3, -0.25) is 0 Å². The van der Waals surface area contributed by atoms with Gasteiger partial charge in [-0.05, 0) is 23.9 Å². The molecule has 16 heavy (non-hydrogen) atoms. The van der Waals surface area contributed by atoms with E-state index < -0.39 is 9.04 Å². The van der Waals surface area contributed by atoms with Crippen LogP contribution in [0.2, 0.25) is 11.6 Å². The molecule has 1 saturated heterocycles. The molecule has 0 aromatic carbocycles. The molecule has 0 bridgehead atoms. The second kappa shape index (κ2) is 5.62. The van der Waals surface area contributed by atoms with Crippen molar-refractivity contribution < 1.29 is 14.3 Å².